The highest BCUT2D eigenvalue weighted by Gasteiger charge is 2.30. The van der Waals surface area contributed by atoms with Crippen molar-refractivity contribution in [1.29, 1.82) is 0 Å². The fourth-order valence-electron chi connectivity index (χ4n) is 3.61. The quantitative estimate of drug-likeness (QED) is 0.565. The molecule has 2 aromatic heterocycles. The first kappa shape index (κ1) is 21.8. The van der Waals surface area contributed by atoms with Crippen LogP contribution in [0.4, 0.5) is 5.13 Å². The zero-order valence-electron chi connectivity index (χ0n) is 17.6. The number of ether oxygens (including phenoxy) is 1. The molecule has 1 saturated heterocycles. The van der Waals surface area contributed by atoms with Crippen LogP contribution in [0.5, 0.6) is 0 Å². The van der Waals surface area contributed by atoms with Gasteiger partial charge in [0.25, 0.3) is 5.91 Å². The van der Waals surface area contributed by atoms with Gasteiger partial charge >= 0.3 is 5.97 Å². The highest BCUT2D eigenvalue weighted by Crippen LogP contribution is 2.32. The number of benzene rings is 1. The average molecular weight is 454 g/mol. The van der Waals surface area contributed by atoms with Gasteiger partial charge in [-0.15, -0.1) is 0 Å². The van der Waals surface area contributed by atoms with Crippen molar-refractivity contribution in [2.45, 2.75) is 19.8 Å². The average Bonchev–Trinajstić information content (AvgIpc) is 3.50. The molecule has 3 aromatic rings. The van der Waals surface area contributed by atoms with Gasteiger partial charge in [0.1, 0.15) is 4.88 Å². The molecular formula is C23H23N3O5S. The number of hydrogen-bond donors (Lipinski definition) is 1. The van der Waals surface area contributed by atoms with Gasteiger partial charge in [-0.2, -0.15) is 0 Å². The number of aromatic nitrogens is 1. The standard InChI is InChI=1S/C23H23N3O5S/c1-2-30-22(29)19-18(15-7-4-3-5-8-15)24-23(32-19)25-20(27)16-10-12-26(13-11-16)21(28)17-9-6-14-31-17/h3-9,14,16H,2,10-13H2,1H3,(H,24,25,27). The van der Waals surface area contributed by atoms with Gasteiger partial charge in [0, 0.05) is 24.6 Å². The topological polar surface area (TPSA) is 102 Å². The summed E-state index contributed by atoms with van der Waals surface area (Å²) in [4.78, 5) is 44.2. The molecule has 4 rings (SSSR count). The van der Waals surface area contributed by atoms with E-state index in [1.54, 1.807) is 24.0 Å². The number of piperidine rings is 1. The second kappa shape index (κ2) is 9.78. The lowest BCUT2D eigenvalue weighted by molar-refractivity contribution is -0.121. The van der Waals surface area contributed by atoms with Gasteiger partial charge in [0.05, 0.1) is 18.6 Å². The van der Waals surface area contributed by atoms with E-state index in [2.05, 4.69) is 10.3 Å². The molecule has 1 aliphatic heterocycles. The number of furan rings is 1. The molecule has 2 amide bonds. The van der Waals surface area contributed by atoms with Gasteiger partial charge < -0.3 is 19.4 Å². The van der Waals surface area contributed by atoms with Crippen LogP contribution in [0.2, 0.25) is 0 Å². The Morgan fingerprint density at radius 1 is 1.16 bits per heavy atom. The van der Waals surface area contributed by atoms with Gasteiger partial charge in [0.15, 0.2) is 10.9 Å². The summed E-state index contributed by atoms with van der Waals surface area (Å²) in [5.74, 6) is -0.741. The minimum absolute atomic E-state index is 0.166. The molecule has 0 unspecified atom stereocenters. The summed E-state index contributed by atoms with van der Waals surface area (Å²) in [6, 6.07) is 12.6. The maximum absolute atomic E-state index is 12.8. The minimum Gasteiger partial charge on any atom is -0.462 e. The molecule has 8 nitrogen and oxygen atoms in total. The van der Waals surface area contributed by atoms with Gasteiger partial charge in [-0.3, -0.25) is 9.59 Å². The Balaban J connectivity index is 1.43. The monoisotopic (exact) mass is 453 g/mol. The third-order valence-electron chi connectivity index (χ3n) is 5.25. The van der Waals surface area contributed by atoms with E-state index in [-0.39, 0.29) is 24.3 Å². The molecule has 0 aliphatic carbocycles. The molecule has 1 fully saturated rings. The van der Waals surface area contributed by atoms with Gasteiger partial charge in [-0.25, -0.2) is 9.78 Å². The van der Waals surface area contributed by atoms with E-state index in [9.17, 15) is 14.4 Å². The second-order valence-electron chi connectivity index (χ2n) is 7.32. The number of hydrogen-bond acceptors (Lipinski definition) is 7. The number of thiazole rings is 1. The molecule has 0 saturated carbocycles. The number of nitrogens with zero attached hydrogens (tertiary/aromatic N) is 2. The number of amides is 2. The van der Waals surface area contributed by atoms with Crippen LogP contribution in [0.15, 0.2) is 53.1 Å². The summed E-state index contributed by atoms with van der Waals surface area (Å²) >= 11 is 1.10. The minimum atomic E-state index is -0.464. The lowest BCUT2D eigenvalue weighted by Gasteiger charge is -2.30. The number of likely N-dealkylation sites (tertiary alicyclic amines) is 1. The zero-order valence-corrected chi connectivity index (χ0v) is 18.4. The van der Waals surface area contributed by atoms with E-state index in [0.717, 1.165) is 16.9 Å². The van der Waals surface area contributed by atoms with E-state index in [1.807, 2.05) is 30.3 Å². The molecule has 0 spiro atoms. The normalized spacial score (nSPS) is 14.2. The molecule has 3 heterocycles. The van der Waals surface area contributed by atoms with Gasteiger partial charge in [0.2, 0.25) is 5.91 Å². The number of carbonyl (C=O) groups excluding carboxylic acids is 3. The van der Waals surface area contributed by atoms with Crippen LogP contribution in [-0.2, 0) is 9.53 Å². The summed E-state index contributed by atoms with van der Waals surface area (Å²) in [6.45, 7) is 2.94. The van der Waals surface area contributed by atoms with Crippen LogP contribution in [0, 0.1) is 5.92 Å². The first-order valence-corrected chi connectivity index (χ1v) is 11.3. The SMILES string of the molecule is CCOC(=O)c1sc(NC(=O)C2CCN(C(=O)c3ccco3)CC2)nc1-c1ccccc1. The first-order valence-electron chi connectivity index (χ1n) is 10.4. The van der Waals surface area contributed by atoms with Gasteiger partial charge in [-0.1, -0.05) is 41.7 Å². The second-order valence-corrected chi connectivity index (χ2v) is 8.32. The molecule has 0 bridgehead atoms. The Labute approximate surface area is 189 Å². The predicted molar refractivity (Wildman–Crippen MR) is 119 cm³/mol. The molecular weight excluding hydrogens is 430 g/mol. The van der Waals surface area contributed by atoms with E-state index < -0.39 is 5.97 Å². The summed E-state index contributed by atoms with van der Waals surface area (Å²) in [6.07, 6.45) is 2.55. The Kier molecular flexibility index (Phi) is 6.65. The highest BCUT2D eigenvalue weighted by atomic mass is 32.1. The summed E-state index contributed by atoms with van der Waals surface area (Å²) in [7, 11) is 0. The maximum atomic E-state index is 12.8. The van der Waals surface area contributed by atoms with Crippen LogP contribution in [0.1, 0.15) is 40.0 Å². The van der Waals surface area contributed by atoms with Crippen LogP contribution >= 0.6 is 11.3 Å². The number of carbonyl (C=O) groups is 3. The van der Waals surface area contributed by atoms with Crippen molar-refractivity contribution in [3.8, 4) is 11.3 Å². The Morgan fingerprint density at radius 3 is 2.56 bits per heavy atom. The lowest BCUT2D eigenvalue weighted by atomic mass is 9.96. The molecule has 0 atom stereocenters. The van der Waals surface area contributed by atoms with E-state index >= 15 is 0 Å². The maximum Gasteiger partial charge on any atom is 0.350 e. The molecule has 0 radical (unpaired) electrons. The van der Waals surface area contributed by atoms with E-state index in [0.29, 0.717) is 47.4 Å². The smallest absolute Gasteiger partial charge is 0.350 e. The van der Waals surface area contributed by atoms with Crippen molar-refractivity contribution in [2.24, 2.45) is 5.92 Å². The summed E-state index contributed by atoms with van der Waals surface area (Å²) in [5, 5.41) is 3.20. The fourth-order valence-corrected chi connectivity index (χ4v) is 4.49. The molecule has 32 heavy (non-hydrogen) atoms. The Bertz CT molecular complexity index is 1090. The Hall–Kier alpha value is -3.46. The van der Waals surface area contributed by atoms with Crippen molar-refractivity contribution in [1.82, 2.24) is 9.88 Å². The third kappa shape index (κ3) is 4.72. The Morgan fingerprint density at radius 2 is 1.91 bits per heavy atom. The van der Waals surface area contributed by atoms with Crippen molar-refractivity contribution in [3.63, 3.8) is 0 Å². The highest BCUT2D eigenvalue weighted by molar-refractivity contribution is 7.18. The van der Waals surface area contributed by atoms with Crippen LogP contribution in [-0.4, -0.2) is 47.4 Å². The number of esters is 1. The summed E-state index contributed by atoms with van der Waals surface area (Å²) < 4.78 is 10.3. The van der Waals surface area contributed by atoms with Crippen LogP contribution in [0.25, 0.3) is 11.3 Å². The van der Waals surface area contributed by atoms with Crippen LogP contribution < -0.4 is 5.32 Å². The van der Waals surface area contributed by atoms with Crippen molar-refractivity contribution in [3.05, 3.63) is 59.4 Å². The number of nitrogens with one attached hydrogen (secondary N) is 1. The predicted octanol–water partition coefficient (Wildman–Crippen LogP) is 4.07. The molecule has 9 heteroatoms. The lowest BCUT2D eigenvalue weighted by Crippen LogP contribution is -2.41. The fraction of sp³-hybridized carbons (Fsp3) is 0.304. The number of rotatable bonds is 6. The van der Waals surface area contributed by atoms with Crippen molar-refractivity contribution in [2.75, 3.05) is 25.0 Å². The van der Waals surface area contributed by atoms with Crippen LogP contribution in [0.3, 0.4) is 0 Å². The third-order valence-corrected chi connectivity index (χ3v) is 6.20. The molecule has 166 valence electrons. The van der Waals surface area contributed by atoms with Crippen molar-refractivity contribution >= 4 is 34.3 Å². The van der Waals surface area contributed by atoms with Crippen molar-refractivity contribution < 1.29 is 23.5 Å². The molecule has 1 aromatic carbocycles. The van der Waals surface area contributed by atoms with Gasteiger partial charge in [-0.05, 0) is 31.9 Å². The van der Waals surface area contributed by atoms with E-state index in [1.165, 1.54) is 6.26 Å². The molecule has 1 N–H and O–H groups in total. The zero-order chi connectivity index (χ0) is 22.5. The number of anilines is 1. The largest absolute Gasteiger partial charge is 0.462 e. The first-order chi connectivity index (χ1) is 15.6. The summed E-state index contributed by atoms with van der Waals surface area (Å²) in [5.41, 5.74) is 1.26. The van der Waals surface area contributed by atoms with E-state index in [4.69, 9.17) is 9.15 Å². The molecule has 1 aliphatic rings.